The van der Waals surface area contributed by atoms with Gasteiger partial charge in [-0.2, -0.15) is 0 Å². The van der Waals surface area contributed by atoms with Gasteiger partial charge in [0.25, 0.3) is 0 Å². The predicted octanol–water partition coefficient (Wildman–Crippen LogP) is 3.56. The van der Waals surface area contributed by atoms with Gasteiger partial charge < -0.3 is 5.11 Å². The van der Waals surface area contributed by atoms with Gasteiger partial charge in [0.05, 0.1) is 6.10 Å². The number of hydrogen-bond donors (Lipinski definition) is 1. The topological polar surface area (TPSA) is 20.2 Å². The van der Waals surface area contributed by atoms with Gasteiger partial charge in [-0.1, -0.05) is 39.3 Å². The third-order valence-electron chi connectivity index (χ3n) is 2.01. The maximum atomic E-state index is 12.5. The van der Waals surface area contributed by atoms with E-state index in [-0.39, 0.29) is 11.9 Å². The van der Waals surface area contributed by atoms with Crippen LogP contribution < -0.4 is 0 Å². The van der Waals surface area contributed by atoms with Gasteiger partial charge in [-0.15, -0.1) is 0 Å². The normalized spacial score (nSPS) is 11.5. The van der Waals surface area contributed by atoms with E-state index in [4.69, 9.17) is 0 Å². The Balaban J connectivity index is 0.000000921. The van der Waals surface area contributed by atoms with Crippen LogP contribution in [0.5, 0.6) is 0 Å². The summed E-state index contributed by atoms with van der Waals surface area (Å²) in [6, 6.07) is 6.28. The standard InChI is InChI=1S/C11H15FO.C2H6/c1-2-3-11(13)8-9-4-6-10(12)7-5-9;1-2/h4-7,11,13H,2-3,8H2,1H3;1-2H3. The molecule has 0 saturated heterocycles. The second kappa shape index (κ2) is 8.42. The molecule has 0 aromatic heterocycles. The number of aliphatic hydroxyl groups excluding tert-OH is 1. The Morgan fingerprint density at radius 1 is 1.20 bits per heavy atom. The van der Waals surface area contributed by atoms with E-state index < -0.39 is 0 Å². The largest absolute Gasteiger partial charge is 0.393 e. The van der Waals surface area contributed by atoms with Crippen molar-refractivity contribution in [3.8, 4) is 0 Å². The Bertz CT molecular complexity index is 243. The van der Waals surface area contributed by atoms with Crippen molar-refractivity contribution in [2.75, 3.05) is 0 Å². The molecule has 1 nitrogen and oxygen atoms in total. The molecule has 0 aliphatic carbocycles. The van der Waals surface area contributed by atoms with Crippen molar-refractivity contribution in [1.82, 2.24) is 0 Å². The van der Waals surface area contributed by atoms with Crippen LogP contribution in [0.3, 0.4) is 0 Å². The van der Waals surface area contributed by atoms with Crippen molar-refractivity contribution < 1.29 is 9.50 Å². The van der Waals surface area contributed by atoms with Crippen LogP contribution in [0.15, 0.2) is 24.3 Å². The van der Waals surface area contributed by atoms with E-state index in [1.165, 1.54) is 12.1 Å². The van der Waals surface area contributed by atoms with Gasteiger partial charge in [0.1, 0.15) is 5.82 Å². The third kappa shape index (κ3) is 6.24. The summed E-state index contributed by atoms with van der Waals surface area (Å²) in [5.74, 6) is -0.228. The fourth-order valence-corrected chi connectivity index (χ4v) is 1.33. The Labute approximate surface area is 92.0 Å². The highest BCUT2D eigenvalue weighted by Crippen LogP contribution is 2.08. The molecule has 86 valence electrons. The Hall–Kier alpha value is -0.890. The minimum atomic E-state index is -0.296. The fourth-order valence-electron chi connectivity index (χ4n) is 1.33. The molecule has 0 fully saturated rings. The summed E-state index contributed by atoms with van der Waals surface area (Å²) < 4.78 is 12.5. The smallest absolute Gasteiger partial charge is 0.123 e. The Morgan fingerprint density at radius 3 is 2.20 bits per heavy atom. The van der Waals surface area contributed by atoms with E-state index >= 15 is 0 Å². The minimum absolute atomic E-state index is 0.228. The van der Waals surface area contributed by atoms with Gasteiger partial charge in [0, 0.05) is 0 Å². The second-order valence-electron chi connectivity index (χ2n) is 3.27. The summed E-state index contributed by atoms with van der Waals surface area (Å²) in [6.45, 7) is 6.04. The molecule has 0 saturated carbocycles. The summed E-state index contributed by atoms with van der Waals surface area (Å²) >= 11 is 0. The zero-order valence-electron chi connectivity index (χ0n) is 9.83. The summed E-state index contributed by atoms with van der Waals surface area (Å²) in [5.41, 5.74) is 0.988. The molecule has 1 atom stereocenters. The second-order valence-corrected chi connectivity index (χ2v) is 3.27. The van der Waals surface area contributed by atoms with Crippen LogP contribution in [-0.4, -0.2) is 11.2 Å². The van der Waals surface area contributed by atoms with Crippen LogP contribution in [0.2, 0.25) is 0 Å². The first-order chi connectivity index (χ1) is 7.22. The van der Waals surface area contributed by atoms with Crippen LogP contribution in [0, 0.1) is 5.82 Å². The average Bonchev–Trinajstić information content (AvgIpc) is 2.25. The molecule has 0 bridgehead atoms. The van der Waals surface area contributed by atoms with Gasteiger partial charge in [-0.3, -0.25) is 0 Å². The van der Waals surface area contributed by atoms with Crippen molar-refractivity contribution in [2.24, 2.45) is 0 Å². The minimum Gasteiger partial charge on any atom is -0.393 e. The molecule has 2 heteroatoms. The Morgan fingerprint density at radius 2 is 1.73 bits per heavy atom. The summed E-state index contributed by atoms with van der Waals surface area (Å²) in [4.78, 5) is 0. The van der Waals surface area contributed by atoms with Gasteiger partial charge in [-0.25, -0.2) is 4.39 Å². The first-order valence-electron chi connectivity index (χ1n) is 5.65. The number of benzene rings is 1. The highest BCUT2D eigenvalue weighted by molar-refractivity contribution is 5.16. The molecule has 1 aromatic carbocycles. The number of halogens is 1. The van der Waals surface area contributed by atoms with Gasteiger partial charge in [-0.05, 0) is 30.5 Å². The van der Waals surface area contributed by atoms with Crippen molar-refractivity contribution >= 4 is 0 Å². The molecule has 0 spiro atoms. The Kier molecular flexibility index (Phi) is 7.92. The van der Waals surface area contributed by atoms with E-state index in [1.807, 2.05) is 20.8 Å². The van der Waals surface area contributed by atoms with Crippen molar-refractivity contribution in [2.45, 2.75) is 46.1 Å². The van der Waals surface area contributed by atoms with Gasteiger partial charge >= 0.3 is 0 Å². The lowest BCUT2D eigenvalue weighted by Gasteiger charge is -2.08. The zero-order chi connectivity index (χ0) is 11.7. The van der Waals surface area contributed by atoms with Gasteiger partial charge in [0.2, 0.25) is 0 Å². The number of hydrogen-bond acceptors (Lipinski definition) is 1. The maximum absolute atomic E-state index is 12.5. The lowest BCUT2D eigenvalue weighted by atomic mass is 10.0. The monoisotopic (exact) mass is 212 g/mol. The molecule has 15 heavy (non-hydrogen) atoms. The van der Waals surface area contributed by atoms with Gasteiger partial charge in [0.15, 0.2) is 0 Å². The predicted molar refractivity (Wildman–Crippen MR) is 62.4 cm³/mol. The molecule has 1 rings (SSSR count). The molecule has 0 aliphatic rings. The van der Waals surface area contributed by atoms with E-state index in [0.29, 0.717) is 6.42 Å². The SMILES string of the molecule is CC.CCCC(O)Cc1ccc(F)cc1. The van der Waals surface area contributed by atoms with E-state index in [9.17, 15) is 9.50 Å². The molecule has 0 aliphatic heterocycles. The van der Waals surface area contributed by atoms with Crippen molar-refractivity contribution in [1.29, 1.82) is 0 Å². The summed E-state index contributed by atoms with van der Waals surface area (Å²) in [7, 11) is 0. The molecular weight excluding hydrogens is 191 g/mol. The highest BCUT2D eigenvalue weighted by atomic mass is 19.1. The molecule has 0 radical (unpaired) electrons. The molecule has 1 N–H and O–H groups in total. The van der Waals surface area contributed by atoms with Crippen LogP contribution >= 0.6 is 0 Å². The summed E-state index contributed by atoms with van der Waals surface area (Å²) in [5, 5.41) is 9.48. The zero-order valence-corrected chi connectivity index (χ0v) is 9.83. The van der Waals surface area contributed by atoms with Crippen LogP contribution in [0.4, 0.5) is 4.39 Å². The van der Waals surface area contributed by atoms with Crippen molar-refractivity contribution in [3.63, 3.8) is 0 Å². The van der Waals surface area contributed by atoms with E-state index in [0.717, 1.165) is 18.4 Å². The average molecular weight is 212 g/mol. The highest BCUT2D eigenvalue weighted by Gasteiger charge is 2.03. The van der Waals surface area contributed by atoms with Crippen LogP contribution in [0.1, 0.15) is 39.2 Å². The fraction of sp³-hybridized carbons (Fsp3) is 0.538. The molecule has 1 aromatic rings. The molecule has 0 amide bonds. The number of rotatable bonds is 4. The lowest BCUT2D eigenvalue weighted by Crippen LogP contribution is -2.09. The first kappa shape index (κ1) is 14.1. The molecule has 1 unspecified atom stereocenters. The van der Waals surface area contributed by atoms with Crippen molar-refractivity contribution in [3.05, 3.63) is 35.6 Å². The molecular formula is C13H21FO. The van der Waals surface area contributed by atoms with E-state index in [2.05, 4.69) is 0 Å². The third-order valence-corrected chi connectivity index (χ3v) is 2.01. The molecule has 0 heterocycles. The first-order valence-corrected chi connectivity index (χ1v) is 5.65. The van der Waals surface area contributed by atoms with E-state index in [1.54, 1.807) is 12.1 Å². The number of aliphatic hydroxyl groups is 1. The van der Waals surface area contributed by atoms with Crippen LogP contribution in [-0.2, 0) is 6.42 Å². The van der Waals surface area contributed by atoms with Crippen LogP contribution in [0.25, 0.3) is 0 Å². The quantitative estimate of drug-likeness (QED) is 0.809. The lowest BCUT2D eigenvalue weighted by molar-refractivity contribution is 0.164. The maximum Gasteiger partial charge on any atom is 0.123 e. The summed E-state index contributed by atoms with van der Waals surface area (Å²) in [6.07, 6.45) is 2.10.